The van der Waals surface area contributed by atoms with Crippen molar-refractivity contribution in [2.24, 2.45) is 0 Å². The van der Waals surface area contributed by atoms with Crippen LogP contribution < -0.4 is 15.4 Å². The molecule has 0 aliphatic rings. The molecule has 0 aromatic heterocycles. The maximum absolute atomic E-state index is 12.1. The summed E-state index contributed by atoms with van der Waals surface area (Å²) in [5.74, 6) is 1.04. The number of aliphatic hydroxyl groups excluding tert-OH is 1. The van der Waals surface area contributed by atoms with E-state index in [0.29, 0.717) is 19.6 Å². The van der Waals surface area contributed by atoms with Gasteiger partial charge in [-0.15, -0.1) is 0 Å². The molecule has 5 nitrogen and oxygen atoms in total. The normalized spacial score (nSPS) is 11.6. The van der Waals surface area contributed by atoms with Gasteiger partial charge in [0, 0.05) is 18.8 Å². The van der Waals surface area contributed by atoms with Crippen molar-refractivity contribution in [1.82, 2.24) is 5.32 Å². The zero-order valence-electron chi connectivity index (χ0n) is 16.0. The predicted molar refractivity (Wildman–Crippen MR) is 109 cm³/mol. The second-order valence-corrected chi connectivity index (χ2v) is 6.52. The van der Waals surface area contributed by atoms with Crippen molar-refractivity contribution < 1.29 is 14.6 Å². The molecule has 0 aliphatic carbocycles. The van der Waals surface area contributed by atoms with Crippen LogP contribution in [-0.4, -0.2) is 30.9 Å². The third kappa shape index (κ3) is 7.71. The maximum atomic E-state index is 12.1. The molecule has 27 heavy (non-hydrogen) atoms. The molecule has 0 saturated heterocycles. The molecule has 1 unspecified atom stereocenters. The third-order valence-corrected chi connectivity index (χ3v) is 4.41. The number of aliphatic hydroxyl groups is 1. The summed E-state index contributed by atoms with van der Waals surface area (Å²) in [6, 6.07) is 17.2. The Kier molecular flexibility index (Phi) is 9.21. The van der Waals surface area contributed by atoms with Crippen LogP contribution in [0.5, 0.6) is 5.75 Å². The summed E-state index contributed by atoms with van der Waals surface area (Å²) >= 11 is 0. The minimum absolute atomic E-state index is 0.137. The smallest absolute Gasteiger partial charge is 0.319 e. The van der Waals surface area contributed by atoms with Crippen molar-refractivity contribution >= 4 is 11.7 Å². The Morgan fingerprint density at radius 2 is 1.81 bits per heavy atom. The summed E-state index contributed by atoms with van der Waals surface area (Å²) in [7, 11) is 0. The fourth-order valence-electron chi connectivity index (χ4n) is 2.86. The number of benzene rings is 2. The van der Waals surface area contributed by atoms with Gasteiger partial charge in [0.2, 0.25) is 0 Å². The summed E-state index contributed by atoms with van der Waals surface area (Å²) in [6.07, 6.45) is 3.60. The Balaban J connectivity index is 1.75. The second-order valence-electron chi connectivity index (χ2n) is 6.52. The molecule has 0 aliphatic heterocycles. The Hall–Kier alpha value is -2.53. The van der Waals surface area contributed by atoms with E-state index in [9.17, 15) is 9.90 Å². The summed E-state index contributed by atoms with van der Waals surface area (Å²) in [4.78, 5) is 12.1. The average Bonchev–Trinajstić information content (AvgIpc) is 2.69. The van der Waals surface area contributed by atoms with Crippen LogP contribution in [-0.2, 0) is 0 Å². The first-order valence-electron chi connectivity index (χ1n) is 9.66. The quantitative estimate of drug-likeness (QED) is 0.509. The molecule has 2 aromatic rings. The minimum atomic E-state index is -0.231. The van der Waals surface area contributed by atoms with Crippen LogP contribution in [0.15, 0.2) is 54.6 Å². The summed E-state index contributed by atoms with van der Waals surface area (Å²) < 4.78 is 5.61. The van der Waals surface area contributed by atoms with Crippen LogP contribution in [0.25, 0.3) is 0 Å². The number of ether oxygens (including phenoxy) is 1. The number of carbonyl (C=O) groups excluding carboxylic acids is 1. The highest BCUT2D eigenvalue weighted by Crippen LogP contribution is 2.22. The molecule has 0 saturated carbocycles. The van der Waals surface area contributed by atoms with Crippen molar-refractivity contribution in [2.75, 3.05) is 25.1 Å². The van der Waals surface area contributed by atoms with Crippen LogP contribution in [0, 0.1) is 0 Å². The first-order chi connectivity index (χ1) is 13.2. The van der Waals surface area contributed by atoms with Gasteiger partial charge in [0.15, 0.2) is 0 Å². The molecule has 2 aromatic carbocycles. The van der Waals surface area contributed by atoms with Gasteiger partial charge >= 0.3 is 6.03 Å². The first-order valence-corrected chi connectivity index (χ1v) is 9.66. The number of unbranched alkanes of at least 4 members (excludes halogenated alkanes) is 1. The molecule has 2 amide bonds. The van der Waals surface area contributed by atoms with Gasteiger partial charge in [0.1, 0.15) is 5.75 Å². The summed E-state index contributed by atoms with van der Waals surface area (Å²) in [5, 5.41) is 15.0. The van der Waals surface area contributed by atoms with Crippen molar-refractivity contribution in [3.63, 3.8) is 0 Å². The van der Waals surface area contributed by atoms with E-state index in [1.165, 1.54) is 5.56 Å². The summed E-state index contributed by atoms with van der Waals surface area (Å²) in [6.45, 7) is 3.52. The van der Waals surface area contributed by atoms with Gasteiger partial charge in [-0.05, 0) is 55.0 Å². The van der Waals surface area contributed by atoms with Crippen LogP contribution in [0.4, 0.5) is 10.5 Å². The highest BCUT2D eigenvalue weighted by molar-refractivity contribution is 5.89. The number of nitrogens with one attached hydrogen (secondary N) is 2. The molecular formula is C22H30N2O3. The maximum Gasteiger partial charge on any atom is 0.319 e. The number of anilines is 1. The van der Waals surface area contributed by atoms with Gasteiger partial charge < -0.3 is 20.5 Å². The highest BCUT2D eigenvalue weighted by Gasteiger charge is 2.11. The van der Waals surface area contributed by atoms with Crippen molar-refractivity contribution in [3.8, 4) is 5.75 Å². The lowest BCUT2D eigenvalue weighted by Crippen LogP contribution is -2.30. The number of hydrogen-bond donors (Lipinski definition) is 3. The Bertz CT molecular complexity index is 659. The largest absolute Gasteiger partial charge is 0.494 e. The van der Waals surface area contributed by atoms with Crippen LogP contribution in [0.3, 0.4) is 0 Å². The molecule has 1 atom stereocenters. The standard InChI is InChI=1S/C22H30N2O3/c1-2-3-17-27-21-11-9-20(10-12-21)24-22(26)23-15-13-19(14-16-25)18-7-5-4-6-8-18/h4-12,19,25H,2-3,13-17H2,1H3,(H2,23,24,26). The SMILES string of the molecule is CCCCOc1ccc(NC(=O)NCCC(CCO)c2ccccc2)cc1. The number of urea groups is 1. The lowest BCUT2D eigenvalue weighted by atomic mass is 9.93. The Morgan fingerprint density at radius 3 is 2.48 bits per heavy atom. The van der Waals surface area contributed by atoms with E-state index in [2.05, 4.69) is 29.7 Å². The van der Waals surface area contributed by atoms with Crippen molar-refractivity contribution in [1.29, 1.82) is 0 Å². The van der Waals surface area contributed by atoms with Crippen LogP contribution >= 0.6 is 0 Å². The van der Waals surface area contributed by atoms with Gasteiger partial charge in [-0.2, -0.15) is 0 Å². The molecule has 0 radical (unpaired) electrons. The van der Waals surface area contributed by atoms with Crippen LogP contribution in [0.2, 0.25) is 0 Å². The fourth-order valence-corrected chi connectivity index (χ4v) is 2.86. The molecule has 0 heterocycles. The van der Waals surface area contributed by atoms with E-state index >= 15 is 0 Å². The number of amides is 2. The first kappa shape index (κ1) is 20.8. The topological polar surface area (TPSA) is 70.6 Å². The zero-order chi connectivity index (χ0) is 19.3. The van der Waals surface area contributed by atoms with E-state index in [0.717, 1.165) is 30.7 Å². The minimum Gasteiger partial charge on any atom is -0.494 e. The molecule has 0 spiro atoms. The molecule has 5 heteroatoms. The lowest BCUT2D eigenvalue weighted by molar-refractivity contribution is 0.250. The van der Waals surface area contributed by atoms with Gasteiger partial charge in [-0.25, -0.2) is 4.79 Å². The van der Waals surface area contributed by atoms with E-state index in [1.807, 2.05) is 42.5 Å². The van der Waals surface area contributed by atoms with E-state index in [4.69, 9.17) is 4.74 Å². The average molecular weight is 370 g/mol. The predicted octanol–water partition coefficient (Wildman–Crippen LogP) is 4.54. The van der Waals surface area contributed by atoms with Crippen molar-refractivity contribution in [3.05, 3.63) is 60.2 Å². The molecule has 0 fully saturated rings. The number of hydrogen-bond acceptors (Lipinski definition) is 3. The number of carbonyl (C=O) groups is 1. The monoisotopic (exact) mass is 370 g/mol. The molecule has 0 bridgehead atoms. The molecule has 3 N–H and O–H groups in total. The Labute approximate surface area is 161 Å². The second kappa shape index (κ2) is 12.0. The van der Waals surface area contributed by atoms with Crippen LogP contribution in [0.1, 0.15) is 44.1 Å². The zero-order valence-corrected chi connectivity index (χ0v) is 16.0. The van der Waals surface area contributed by atoms with Gasteiger partial charge in [0.25, 0.3) is 0 Å². The van der Waals surface area contributed by atoms with Gasteiger partial charge in [-0.1, -0.05) is 43.7 Å². The fraction of sp³-hybridized carbons (Fsp3) is 0.409. The molecule has 2 rings (SSSR count). The van der Waals surface area contributed by atoms with E-state index in [1.54, 1.807) is 0 Å². The molecular weight excluding hydrogens is 340 g/mol. The van der Waals surface area contributed by atoms with Gasteiger partial charge in [-0.3, -0.25) is 0 Å². The van der Waals surface area contributed by atoms with Crippen molar-refractivity contribution in [2.45, 2.75) is 38.5 Å². The third-order valence-electron chi connectivity index (χ3n) is 4.41. The Morgan fingerprint density at radius 1 is 1.07 bits per heavy atom. The number of rotatable bonds is 11. The lowest BCUT2D eigenvalue weighted by Gasteiger charge is -2.17. The van der Waals surface area contributed by atoms with E-state index in [-0.39, 0.29) is 18.6 Å². The summed E-state index contributed by atoms with van der Waals surface area (Å²) in [5.41, 5.74) is 1.91. The highest BCUT2D eigenvalue weighted by atomic mass is 16.5. The molecule has 146 valence electrons. The van der Waals surface area contributed by atoms with E-state index < -0.39 is 0 Å². The van der Waals surface area contributed by atoms with Gasteiger partial charge in [0.05, 0.1) is 6.61 Å².